The Hall–Kier alpha value is -3.22. The van der Waals surface area contributed by atoms with Gasteiger partial charge in [0.15, 0.2) is 0 Å². The first-order valence-corrected chi connectivity index (χ1v) is 7.25. The van der Waals surface area contributed by atoms with Gasteiger partial charge in [0.05, 0.1) is 4.92 Å². The quantitative estimate of drug-likeness (QED) is 0.484. The summed E-state index contributed by atoms with van der Waals surface area (Å²) in [4.78, 5) is 33.8. The van der Waals surface area contributed by atoms with Crippen LogP contribution in [-0.2, 0) is 9.59 Å². The van der Waals surface area contributed by atoms with Crippen molar-refractivity contribution in [3.05, 3.63) is 69.3 Å². The van der Waals surface area contributed by atoms with Gasteiger partial charge >= 0.3 is 0 Å². The van der Waals surface area contributed by atoms with Crippen LogP contribution >= 0.6 is 0 Å². The molecule has 0 bridgehead atoms. The molecule has 7 heteroatoms. The first-order valence-electron chi connectivity index (χ1n) is 7.25. The van der Waals surface area contributed by atoms with Gasteiger partial charge in [0.25, 0.3) is 11.6 Å². The summed E-state index contributed by atoms with van der Waals surface area (Å²) in [5.74, 6) is -0.472. The summed E-state index contributed by atoms with van der Waals surface area (Å²) >= 11 is 0. The number of nitrogens with zero attached hydrogens (tertiary/aromatic N) is 1. The average Bonchev–Trinajstić information content (AvgIpc) is 2.56. The highest BCUT2D eigenvalue weighted by Gasteiger charge is 2.22. The van der Waals surface area contributed by atoms with Crippen LogP contribution in [0.3, 0.4) is 0 Å². The molecule has 0 aliphatic carbocycles. The number of nitro groups is 1. The predicted octanol–water partition coefficient (Wildman–Crippen LogP) is 2.64. The van der Waals surface area contributed by atoms with E-state index in [0.717, 1.165) is 11.1 Å². The number of non-ortho nitro benzene ring substituents is 1. The van der Waals surface area contributed by atoms with Gasteiger partial charge in [0.1, 0.15) is 6.04 Å². The molecule has 0 radical (unpaired) electrons. The molecule has 0 saturated carbocycles. The summed E-state index contributed by atoms with van der Waals surface area (Å²) in [7, 11) is 0. The van der Waals surface area contributed by atoms with Crippen LogP contribution in [0.25, 0.3) is 0 Å². The Labute approximate surface area is 138 Å². The number of carbonyl (C=O) groups excluding carboxylic acids is 2. The lowest BCUT2D eigenvalue weighted by atomic mass is 10.0. The van der Waals surface area contributed by atoms with Crippen molar-refractivity contribution >= 4 is 23.7 Å². The third-order valence-electron chi connectivity index (χ3n) is 3.64. The molecule has 0 heterocycles. The van der Waals surface area contributed by atoms with Crippen molar-refractivity contribution in [2.45, 2.75) is 19.9 Å². The van der Waals surface area contributed by atoms with Gasteiger partial charge in [-0.1, -0.05) is 30.3 Å². The topological polar surface area (TPSA) is 101 Å². The second kappa shape index (κ2) is 7.36. The van der Waals surface area contributed by atoms with Crippen LogP contribution in [0.5, 0.6) is 0 Å². The Kier molecular flexibility index (Phi) is 5.26. The van der Waals surface area contributed by atoms with Crippen molar-refractivity contribution < 1.29 is 14.5 Å². The van der Waals surface area contributed by atoms with E-state index in [0.29, 0.717) is 17.7 Å². The Morgan fingerprint density at radius 2 is 1.79 bits per heavy atom. The van der Waals surface area contributed by atoms with Gasteiger partial charge in [-0.05, 0) is 30.5 Å². The summed E-state index contributed by atoms with van der Waals surface area (Å²) in [5, 5.41) is 16.1. The van der Waals surface area contributed by atoms with Crippen LogP contribution in [0.2, 0.25) is 0 Å². The summed E-state index contributed by atoms with van der Waals surface area (Å²) in [6, 6.07) is 10.2. The minimum atomic E-state index is -1.03. The maximum atomic E-state index is 12.6. The van der Waals surface area contributed by atoms with E-state index in [1.807, 2.05) is 32.0 Å². The number of para-hydroxylation sites is 1. The largest absolute Gasteiger partial charge is 0.343 e. The summed E-state index contributed by atoms with van der Waals surface area (Å²) in [5.41, 5.74) is 2.61. The molecule has 124 valence electrons. The van der Waals surface area contributed by atoms with Crippen LogP contribution in [0.4, 0.5) is 11.4 Å². The van der Waals surface area contributed by atoms with Gasteiger partial charge in [-0.2, -0.15) is 0 Å². The molecule has 2 N–H and O–H groups in total. The molecular formula is C17H17N3O4. The predicted molar refractivity (Wildman–Crippen MR) is 89.6 cm³/mol. The second-order valence-corrected chi connectivity index (χ2v) is 5.33. The van der Waals surface area contributed by atoms with Gasteiger partial charge in [0.2, 0.25) is 6.41 Å². The molecule has 2 aromatic rings. The molecule has 0 unspecified atom stereocenters. The first-order chi connectivity index (χ1) is 11.4. The third kappa shape index (κ3) is 3.75. The number of rotatable bonds is 6. The maximum absolute atomic E-state index is 12.6. The molecule has 0 aromatic heterocycles. The van der Waals surface area contributed by atoms with E-state index in [9.17, 15) is 19.7 Å². The van der Waals surface area contributed by atoms with Gasteiger partial charge in [0, 0.05) is 17.8 Å². The summed E-state index contributed by atoms with van der Waals surface area (Å²) in [6.07, 6.45) is 0.397. The molecule has 2 rings (SSSR count). The molecule has 0 saturated heterocycles. The zero-order chi connectivity index (χ0) is 17.7. The van der Waals surface area contributed by atoms with Crippen LogP contribution < -0.4 is 10.6 Å². The Balaban J connectivity index is 2.33. The Morgan fingerprint density at radius 1 is 1.17 bits per heavy atom. The fraction of sp³-hybridized carbons (Fsp3) is 0.176. The molecule has 2 aromatic carbocycles. The van der Waals surface area contributed by atoms with Gasteiger partial charge in [-0.15, -0.1) is 0 Å². The number of amides is 2. The average molecular weight is 327 g/mol. The SMILES string of the molecule is Cc1cccc(C)c1NC(=O)[C@@H](NC=O)c1cccc([N+](=O)[O-])c1. The number of nitro benzene ring substituents is 1. The number of anilines is 1. The van der Waals surface area contributed by atoms with E-state index in [2.05, 4.69) is 10.6 Å². The summed E-state index contributed by atoms with van der Waals surface area (Å²) in [6.45, 7) is 3.72. The van der Waals surface area contributed by atoms with Crippen molar-refractivity contribution in [2.75, 3.05) is 5.32 Å². The molecule has 7 nitrogen and oxygen atoms in total. The monoisotopic (exact) mass is 327 g/mol. The number of benzene rings is 2. The van der Waals surface area contributed by atoms with Crippen LogP contribution in [0.1, 0.15) is 22.7 Å². The first kappa shape index (κ1) is 17.1. The van der Waals surface area contributed by atoms with Crippen LogP contribution in [-0.4, -0.2) is 17.2 Å². The Bertz CT molecular complexity index is 769. The van der Waals surface area contributed by atoms with Crippen molar-refractivity contribution in [3.63, 3.8) is 0 Å². The molecule has 2 amide bonds. The van der Waals surface area contributed by atoms with Crippen molar-refractivity contribution in [1.82, 2.24) is 5.32 Å². The zero-order valence-corrected chi connectivity index (χ0v) is 13.3. The lowest BCUT2D eigenvalue weighted by molar-refractivity contribution is -0.384. The van der Waals surface area contributed by atoms with Gasteiger partial charge in [-0.3, -0.25) is 19.7 Å². The zero-order valence-electron chi connectivity index (χ0n) is 13.3. The van der Waals surface area contributed by atoms with Crippen LogP contribution in [0.15, 0.2) is 42.5 Å². The second-order valence-electron chi connectivity index (χ2n) is 5.33. The van der Waals surface area contributed by atoms with Crippen molar-refractivity contribution in [1.29, 1.82) is 0 Å². The van der Waals surface area contributed by atoms with E-state index < -0.39 is 16.9 Å². The van der Waals surface area contributed by atoms with E-state index in [-0.39, 0.29) is 5.69 Å². The highest BCUT2D eigenvalue weighted by molar-refractivity contribution is 5.97. The minimum absolute atomic E-state index is 0.148. The number of carbonyl (C=O) groups is 2. The van der Waals surface area contributed by atoms with Crippen molar-refractivity contribution in [3.8, 4) is 0 Å². The minimum Gasteiger partial charge on any atom is -0.343 e. The number of hydrogen-bond donors (Lipinski definition) is 2. The van der Waals surface area contributed by atoms with E-state index in [4.69, 9.17) is 0 Å². The van der Waals surface area contributed by atoms with Crippen molar-refractivity contribution in [2.24, 2.45) is 0 Å². The molecule has 0 spiro atoms. The summed E-state index contributed by atoms with van der Waals surface area (Å²) < 4.78 is 0. The van der Waals surface area contributed by atoms with E-state index >= 15 is 0 Å². The Morgan fingerprint density at radius 3 is 2.38 bits per heavy atom. The highest BCUT2D eigenvalue weighted by Crippen LogP contribution is 2.24. The van der Waals surface area contributed by atoms with Gasteiger partial charge in [-0.25, -0.2) is 0 Å². The number of aryl methyl sites for hydroxylation is 2. The molecular weight excluding hydrogens is 310 g/mol. The lowest BCUT2D eigenvalue weighted by Crippen LogP contribution is -2.32. The molecule has 1 atom stereocenters. The third-order valence-corrected chi connectivity index (χ3v) is 3.64. The fourth-order valence-electron chi connectivity index (χ4n) is 2.42. The van der Waals surface area contributed by atoms with E-state index in [1.54, 1.807) is 6.07 Å². The van der Waals surface area contributed by atoms with E-state index in [1.165, 1.54) is 18.2 Å². The maximum Gasteiger partial charge on any atom is 0.269 e. The highest BCUT2D eigenvalue weighted by atomic mass is 16.6. The lowest BCUT2D eigenvalue weighted by Gasteiger charge is -2.18. The fourth-order valence-corrected chi connectivity index (χ4v) is 2.42. The van der Waals surface area contributed by atoms with Gasteiger partial charge < -0.3 is 10.6 Å². The number of nitrogens with one attached hydrogen (secondary N) is 2. The normalized spacial score (nSPS) is 11.4. The number of hydrogen-bond acceptors (Lipinski definition) is 4. The smallest absolute Gasteiger partial charge is 0.269 e. The molecule has 0 aliphatic heterocycles. The van der Waals surface area contributed by atoms with Crippen LogP contribution in [0, 0.1) is 24.0 Å². The molecule has 24 heavy (non-hydrogen) atoms. The molecule has 0 aliphatic rings. The standard InChI is InChI=1S/C17H17N3O4/c1-11-5-3-6-12(2)15(11)19-17(22)16(18-10-21)13-7-4-8-14(9-13)20(23)24/h3-10,16H,1-2H3,(H,18,21)(H,19,22)/t16-/m0/s1. The molecule has 0 fully saturated rings.